The molecule has 0 amide bonds. The summed E-state index contributed by atoms with van der Waals surface area (Å²) >= 11 is 3.89. The number of carboxylic acid groups (broad SMARTS) is 1. The first-order valence-corrected chi connectivity index (χ1v) is 6.69. The minimum atomic E-state index is -0.604. The number of carbonyl (C=O) groups is 1. The molecule has 3 heteroatoms. The number of rotatable bonds is 2. The molecule has 0 aliphatic heterocycles. The zero-order valence-electron chi connectivity index (χ0n) is 8.84. The van der Waals surface area contributed by atoms with Gasteiger partial charge in [-0.05, 0) is 55.8 Å². The van der Waals surface area contributed by atoms with Crippen molar-refractivity contribution in [2.24, 2.45) is 17.3 Å². The zero-order valence-corrected chi connectivity index (χ0v) is 10.4. The Bertz CT molecular complexity index is 299. The van der Waals surface area contributed by atoms with Crippen LogP contribution in [0.3, 0.4) is 0 Å². The molecule has 0 aromatic heterocycles. The number of alkyl halides is 1. The van der Waals surface area contributed by atoms with Crippen molar-refractivity contribution in [3.8, 4) is 0 Å². The second-order valence-corrected chi connectivity index (χ2v) is 7.86. The van der Waals surface area contributed by atoms with Gasteiger partial charge < -0.3 is 5.11 Å². The number of hydrogen-bond acceptors (Lipinski definition) is 1. The zero-order chi connectivity index (χ0) is 10.7. The lowest BCUT2D eigenvalue weighted by atomic mass is 9.49. The highest BCUT2D eigenvalue weighted by Gasteiger charge is 2.57. The third-order valence-corrected chi connectivity index (χ3v) is 5.56. The molecule has 0 saturated heterocycles. The van der Waals surface area contributed by atoms with Crippen LogP contribution in [0.25, 0.3) is 0 Å². The van der Waals surface area contributed by atoms with Crippen molar-refractivity contribution in [3.05, 3.63) is 0 Å². The van der Waals surface area contributed by atoms with Gasteiger partial charge in [0.15, 0.2) is 0 Å². The lowest BCUT2D eigenvalue weighted by Gasteiger charge is -2.60. The third-order valence-electron chi connectivity index (χ3n) is 4.64. The fourth-order valence-corrected chi connectivity index (χ4v) is 6.37. The van der Waals surface area contributed by atoms with Gasteiger partial charge in [0.25, 0.3) is 0 Å². The molecule has 0 heterocycles. The molecule has 2 nitrogen and oxygen atoms in total. The van der Waals surface area contributed by atoms with E-state index in [1.165, 1.54) is 32.1 Å². The summed E-state index contributed by atoms with van der Waals surface area (Å²) in [4.78, 5) is 11.0. The first-order chi connectivity index (χ1) is 6.99. The normalized spacial score (nSPS) is 52.1. The van der Waals surface area contributed by atoms with Crippen molar-refractivity contribution < 1.29 is 9.90 Å². The molecule has 0 spiro atoms. The van der Waals surface area contributed by atoms with Gasteiger partial charge in [0.2, 0.25) is 0 Å². The second-order valence-electron chi connectivity index (χ2n) is 6.18. The van der Waals surface area contributed by atoms with Gasteiger partial charge in [-0.15, -0.1) is 0 Å². The van der Waals surface area contributed by atoms with E-state index in [1.807, 2.05) is 0 Å². The van der Waals surface area contributed by atoms with E-state index in [2.05, 4.69) is 15.9 Å². The van der Waals surface area contributed by atoms with Crippen LogP contribution in [-0.2, 0) is 4.79 Å². The minimum absolute atomic E-state index is 0.138. The van der Waals surface area contributed by atoms with E-state index in [4.69, 9.17) is 5.11 Å². The van der Waals surface area contributed by atoms with Crippen molar-refractivity contribution >= 4 is 21.9 Å². The molecule has 84 valence electrons. The van der Waals surface area contributed by atoms with Crippen LogP contribution in [0.15, 0.2) is 0 Å². The quantitative estimate of drug-likeness (QED) is 0.784. The van der Waals surface area contributed by atoms with Crippen molar-refractivity contribution in [2.45, 2.75) is 49.3 Å². The van der Waals surface area contributed by atoms with Crippen LogP contribution in [0.1, 0.15) is 44.9 Å². The summed E-state index contributed by atoms with van der Waals surface area (Å²) in [6.45, 7) is 0. The molecule has 4 fully saturated rings. The highest BCUT2D eigenvalue weighted by molar-refractivity contribution is 9.10. The molecule has 4 bridgehead atoms. The molecular weight excluding hydrogens is 256 g/mol. The largest absolute Gasteiger partial charge is 0.481 e. The Morgan fingerprint density at radius 3 is 2.33 bits per heavy atom. The number of aliphatic carboxylic acids is 1. The Kier molecular flexibility index (Phi) is 2.02. The summed E-state index contributed by atoms with van der Waals surface area (Å²) in [5, 5.41) is 9.04. The number of carboxylic acids is 1. The minimum Gasteiger partial charge on any atom is -0.481 e. The van der Waals surface area contributed by atoms with Gasteiger partial charge in [-0.3, -0.25) is 4.79 Å². The van der Waals surface area contributed by atoms with Crippen LogP contribution >= 0.6 is 15.9 Å². The highest BCUT2D eigenvalue weighted by atomic mass is 79.9. The van der Waals surface area contributed by atoms with E-state index < -0.39 is 5.97 Å². The van der Waals surface area contributed by atoms with E-state index in [0.717, 1.165) is 18.3 Å². The standard InChI is InChI=1S/C12H17BrO2/c13-12-4-8-1-9(5-12)3-11(2-8,7-12)6-10(14)15/h8-9H,1-7H2,(H,14,15)/t8-,9+,11?,12?. The number of hydrogen-bond donors (Lipinski definition) is 1. The summed E-state index contributed by atoms with van der Waals surface area (Å²) in [6, 6.07) is 0. The van der Waals surface area contributed by atoms with E-state index in [-0.39, 0.29) is 5.41 Å². The van der Waals surface area contributed by atoms with Crippen LogP contribution < -0.4 is 0 Å². The predicted molar refractivity (Wildman–Crippen MR) is 61.0 cm³/mol. The molecule has 4 saturated carbocycles. The van der Waals surface area contributed by atoms with Crippen LogP contribution in [0.5, 0.6) is 0 Å². The van der Waals surface area contributed by atoms with Gasteiger partial charge in [0.05, 0.1) is 6.42 Å². The number of halogens is 1. The van der Waals surface area contributed by atoms with Gasteiger partial charge in [-0.1, -0.05) is 15.9 Å². The average molecular weight is 273 g/mol. The topological polar surface area (TPSA) is 37.3 Å². The van der Waals surface area contributed by atoms with Crippen LogP contribution in [-0.4, -0.2) is 15.4 Å². The summed E-state index contributed by atoms with van der Waals surface area (Å²) in [6.07, 6.45) is 7.75. The molecule has 0 aromatic rings. The molecule has 4 atom stereocenters. The van der Waals surface area contributed by atoms with Crippen LogP contribution in [0, 0.1) is 17.3 Å². The molecule has 4 rings (SSSR count). The summed E-state index contributed by atoms with van der Waals surface area (Å²) < 4.78 is 0.298. The second kappa shape index (κ2) is 2.99. The fourth-order valence-electron chi connectivity index (χ4n) is 4.86. The van der Waals surface area contributed by atoms with Crippen molar-refractivity contribution in [3.63, 3.8) is 0 Å². The maximum atomic E-state index is 11.0. The molecule has 4 aliphatic carbocycles. The molecule has 0 radical (unpaired) electrons. The van der Waals surface area contributed by atoms with Gasteiger partial charge in [-0.25, -0.2) is 0 Å². The van der Waals surface area contributed by atoms with Crippen molar-refractivity contribution in [1.82, 2.24) is 0 Å². The van der Waals surface area contributed by atoms with Gasteiger partial charge in [-0.2, -0.15) is 0 Å². The van der Waals surface area contributed by atoms with Crippen molar-refractivity contribution in [1.29, 1.82) is 0 Å². The Hall–Kier alpha value is -0.0500. The first kappa shape index (κ1) is 10.1. The summed E-state index contributed by atoms with van der Waals surface area (Å²) in [7, 11) is 0. The Balaban J connectivity index is 1.89. The maximum Gasteiger partial charge on any atom is 0.303 e. The van der Waals surface area contributed by atoms with Gasteiger partial charge >= 0.3 is 5.97 Å². The average Bonchev–Trinajstić information content (AvgIpc) is 1.94. The van der Waals surface area contributed by atoms with Gasteiger partial charge in [0, 0.05) is 4.32 Å². The van der Waals surface area contributed by atoms with Crippen LogP contribution in [0.2, 0.25) is 0 Å². The fraction of sp³-hybridized carbons (Fsp3) is 0.917. The van der Waals surface area contributed by atoms with E-state index in [0.29, 0.717) is 10.7 Å². The molecule has 15 heavy (non-hydrogen) atoms. The molecule has 2 unspecified atom stereocenters. The van der Waals surface area contributed by atoms with E-state index >= 15 is 0 Å². The van der Waals surface area contributed by atoms with E-state index in [9.17, 15) is 4.79 Å². The summed E-state index contributed by atoms with van der Waals surface area (Å²) in [5.74, 6) is 0.989. The first-order valence-electron chi connectivity index (χ1n) is 5.89. The highest BCUT2D eigenvalue weighted by Crippen LogP contribution is 2.65. The molecule has 4 aliphatic rings. The Morgan fingerprint density at radius 2 is 1.87 bits per heavy atom. The van der Waals surface area contributed by atoms with Gasteiger partial charge in [0.1, 0.15) is 0 Å². The lowest BCUT2D eigenvalue weighted by Crippen LogP contribution is -2.53. The lowest BCUT2D eigenvalue weighted by molar-refractivity contribution is -0.144. The summed E-state index contributed by atoms with van der Waals surface area (Å²) in [5.41, 5.74) is 0.138. The monoisotopic (exact) mass is 272 g/mol. The van der Waals surface area contributed by atoms with E-state index in [1.54, 1.807) is 0 Å². The maximum absolute atomic E-state index is 11.0. The van der Waals surface area contributed by atoms with Crippen LogP contribution in [0.4, 0.5) is 0 Å². The van der Waals surface area contributed by atoms with Crippen molar-refractivity contribution in [2.75, 3.05) is 0 Å². The Labute approximate surface area is 98.6 Å². The Morgan fingerprint density at radius 1 is 1.27 bits per heavy atom. The smallest absolute Gasteiger partial charge is 0.303 e. The molecule has 0 aromatic carbocycles. The third kappa shape index (κ3) is 1.63. The predicted octanol–water partition coefficient (Wildman–Crippen LogP) is 3.20. The molecule has 1 N–H and O–H groups in total. The SMILES string of the molecule is O=C(O)CC12C[C@@H]3C[C@@H](CC(Br)(C3)C1)C2. The molecular formula is C12H17BrO2.